The minimum atomic E-state index is -1.08. The number of carbonyl (C=O) groups excluding carboxylic acids is 2. The standard InChI is InChI=1S/C24H38N2O3/c27-22(25-12-14-26(15-13-25)23(28)24(29)10-11-24)19-7-4-18(5-8-19)21-9-6-17-2-1-3-20(17)16-21/h17-21,29H,1-16H2. The van der Waals surface area contributed by atoms with Gasteiger partial charge in [0.1, 0.15) is 5.60 Å². The molecule has 1 heterocycles. The molecule has 2 amide bonds. The number of nitrogens with zero attached hydrogens (tertiary/aromatic N) is 2. The van der Waals surface area contributed by atoms with Crippen molar-refractivity contribution in [1.29, 1.82) is 0 Å². The molecule has 5 rings (SSSR count). The Morgan fingerprint density at radius 3 is 1.90 bits per heavy atom. The summed E-state index contributed by atoms with van der Waals surface area (Å²) in [6.07, 6.45) is 14.6. The maximum absolute atomic E-state index is 13.0. The molecule has 5 nitrogen and oxygen atoms in total. The van der Waals surface area contributed by atoms with Crippen molar-refractivity contribution in [2.45, 2.75) is 82.7 Å². The minimum absolute atomic E-state index is 0.123. The third-order valence-corrected chi connectivity index (χ3v) is 9.12. The van der Waals surface area contributed by atoms with Crippen LogP contribution in [0.1, 0.15) is 77.0 Å². The van der Waals surface area contributed by atoms with Crippen molar-refractivity contribution < 1.29 is 14.7 Å². The highest BCUT2D eigenvalue weighted by molar-refractivity contribution is 5.88. The van der Waals surface area contributed by atoms with E-state index in [2.05, 4.69) is 0 Å². The van der Waals surface area contributed by atoms with Crippen molar-refractivity contribution in [3.63, 3.8) is 0 Å². The van der Waals surface area contributed by atoms with Gasteiger partial charge in [0.2, 0.25) is 5.91 Å². The van der Waals surface area contributed by atoms with Gasteiger partial charge in [-0.25, -0.2) is 0 Å². The first kappa shape index (κ1) is 19.8. The Labute approximate surface area is 175 Å². The molecular formula is C24H38N2O3. The molecule has 4 aliphatic carbocycles. The van der Waals surface area contributed by atoms with Crippen LogP contribution in [0, 0.1) is 29.6 Å². The largest absolute Gasteiger partial charge is 0.380 e. The molecular weight excluding hydrogens is 364 g/mol. The first-order valence-electron chi connectivity index (χ1n) is 12.3. The van der Waals surface area contributed by atoms with Crippen molar-refractivity contribution in [3.05, 3.63) is 0 Å². The van der Waals surface area contributed by atoms with E-state index in [0.29, 0.717) is 44.9 Å². The molecule has 3 atom stereocenters. The van der Waals surface area contributed by atoms with Gasteiger partial charge >= 0.3 is 0 Å². The lowest BCUT2D eigenvalue weighted by molar-refractivity contribution is -0.148. The highest BCUT2D eigenvalue weighted by atomic mass is 16.3. The number of fused-ring (bicyclic) bond motifs is 1. The SMILES string of the molecule is O=C(C1CCC(C2CCC3CCCC3C2)CC1)N1CCN(C(=O)C2(O)CC2)CC1. The Morgan fingerprint density at radius 2 is 1.21 bits per heavy atom. The average molecular weight is 403 g/mol. The fourth-order valence-corrected chi connectivity index (χ4v) is 7.02. The van der Waals surface area contributed by atoms with Gasteiger partial charge in [-0.15, -0.1) is 0 Å². The van der Waals surface area contributed by atoms with Gasteiger partial charge in [-0.1, -0.05) is 19.3 Å². The Hall–Kier alpha value is -1.10. The number of amides is 2. The molecule has 3 unspecified atom stereocenters. The number of hydrogen-bond acceptors (Lipinski definition) is 3. The molecule has 1 saturated heterocycles. The molecule has 5 aliphatic rings. The normalized spacial score (nSPS) is 39.1. The number of aliphatic hydroxyl groups is 1. The Balaban J connectivity index is 1.07. The van der Waals surface area contributed by atoms with Crippen LogP contribution in [-0.2, 0) is 9.59 Å². The molecule has 1 N–H and O–H groups in total. The van der Waals surface area contributed by atoms with Crippen LogP contribution < -0.4 is 0 Å². The van der Waals surface area contributed by atoms with Crippen LogP contribution in [0.25, 0.3) is 0 Å². The zero-order valence-electron chi connectivity index (χ0n) is 17.9. The molecule has 0 aromatic carbocycles. The summed E-state index contributed by atoms with van der Waals surface area (Å²) in [5.74, 6) is 4.23. The van der Waals surface area contributed by atoms with E-state index in [4.69, 9.17) is 0 Å². The Morgan fingerprint density at radius 1 is 0.690 bits per heavy atom. The summed E-state index contributed by atoms with van der Waals surface area (Å²) >= 11 is 0. The first-order valence-corrected chi connectivity index (χ1v) is 12.3. The van der Waals surface area contributed by atoms with Gasteiger partial charge in [0.15, 0.2) is 0 Å². The van der Waals surface area contributed by atoms with Crippen LogP contribution >= 0.6 is 0 Å². The summed E-state index contributed by atoms with van der Waals surface area (Å²) in [7, 11) is 0. The maximum atomic E-state index is 13.0. The predicted molar refractivity (Wildman–Crippen MR) is 111 cm³/mol. The van der Waals surface area contributed by atoms with Gasteiger partial charge in [0.05, 0.1) is 0 Å². The van der Waals surface area contributed by atoms with E-state index in [1.54, 1.807) is 4.90 Å². The van der Waals surface area contributed by atoms with E-state index in [-0.39, 0.29) is 11.8 Å². The Bertz CT molecular complexity index is 630. The summed E-state index contributed by atoms with van der Waals surface area (Å²) < 4.78 is 0. The van der Waals surface area contributed by atoms with Gasteiger partial charge in [-0.05, 0) is 81.5 Å². The lowest BCUT2D eigenvalue weighted by atomic mass is 9.66. The molecule has 5 heteroatoms. The van der Waals surface area contributed by atoms with Crippen molar-refractivity contribution in [3.8, 4) is 0 Å². The third-order valence-electron chi connectivity index (χ3n) is 9.12. The smallest absolute Gasteiger partial charge is 0.254 e. The van der Waals surface area contributed by atoms with Crippen LogP contribution in [-0.4, -0.2) is 58.5 Å². The van der Waals surface area contributed by atoms with E-state index < -0.39 is 5.60 Å². The van der Waals surface area contributed by atoms with E-state index in [0.717, 1.165) is 36.5 Å². The summed E-state index contributed by atoms with van der Waals surface area (Å²) in [5.41, 5.74) is -1.08. The summed E-state index contributed by atoms with van der Waals surface area (Å²) in [4.78, 5) is 29.1. The number of hydrogen-bond donors (Lipinski definition) is 1. The molecule has 1 aliphatic heterocycles. The summed E-state index contributed by atoms with van der Waals surface area (Å²) in [6, 6.07) is 0. The Kier molecular flexibility index (Phi) is 5.38. The molecule has 0 aromatic rings. The van der Waals surface area contributed by atoms with Gasteiger partial charge in [0.25, 0.3) is 5.91 Å². The molecule has 0 aromatic heterocycles. The highest BCUT2D eigenvalue weighted by Crippen LogP contribution is 2.49. The first-order chi connectivity index (χ1) is 14.0. The second-order valence-electron chi connectivity index (χ2n) is 10.8. The van der Waals surface area contributed by atoms with Gasteiger partial charge in [0, 0.05) is 32.1 Å². The quantitative estimate of drug-likeness (QED) is 0.789. The van der Waals surface area contributed by atoms with Gasteiger partial charge in [-0.2, -0.15) is 0 Å². The third kappa shape index (κ3) is 3.96. The minimum Gasteiger partial charge on any atom is -0.380 e. The van der Waals surface area contributed by atoms with Gasteiger partial charge < -0.3 is 14.9 Å². The van der Waals surface area contributed by atoms with Crippen LogP contribution in [0.4, 0.5) is 0 Å². The van der Waals surface area contributed by atoms with Gasteiger partial charge in [-0.3, -0.25) is 9.59 Å². The van der Waals surface area contributed by atoms with E-state index in [9.17, 15) is 14.7 Å². The van der Waals surface area contributed by atoms with Crippen molar-refractivity contribution in [2.75, 3.05) is 26.2 Å². The van der Waals surface area contributed by atoms with Crippen LogP contribution in [0.15, 0.2) is 0 Å². The summed E-state index contributed by atoms with van der Waals surface area (Å²) in [5, 5.41) is 10.0. The second-order valence-corrected chi connectivity index (χ2v) is 10.8. The lowest BCUT2D eigenvalue weighted by Crippen LogP contribution is -2.54. The molecule has 4 saturated carbocycles. The molecule has 162 valence electrons. The fourth-order valence-electron chi connectivity index (χ4n) is 7.02. The highest BCUT2D eigenvalue weighted by Gasteiger charge is 2.50. The van der Waals surface area contributed by atoms with Crippen molar-refractivity contribution in [2.24, 2.45) is 29.6 Å². The zero-order valence-corrected chi connectivity index (χ0v) is 17.9. The second kappa shape index (κ2) is 7.86. The predicted octanol–water partition coefficient (Wildman–Crippen LogP) is 3.20. The monoisotopic (exact) mass is 402 g/mol. The maximum Gasteiger partial charge on any atom is 0.254 e. The number of piperazine rings is 1. The van der Waals surface area contributed by atoms with Crippen LogP contribution in [0.5, 0.6) is 0 Å². The zero-order chi connectivity index (χ0) is 20.0. The number of rotatable bonds is 3. The lowest BCUT2D eigenvalue weighted by Gasteiger charge is -2.41. The van der Waals surface area contributed by atoms with Crippen LogP contribution in [0.2, 0.25) is 0 Å². The number of carbonyl (C=O) groups is 2. The fraction of sp³-hybridized carbons (Fsp3) is 0.917. The molecule has 0 radical (unpaired) electrons. The molecule has 29 heavy (non-hydrogen) atoms. The van der Waals surface area contributed by atoms with E-state index in [1.165, 1.54) is 51.4 Å². The van der Waals surface area contributed by atoms with Crippen LogP contribution in [0.3, 0.4) is 0 Å². The average Bonchev–Trinajstić information content (AvgIpc) is 3.34. The van der Waals surface area contributed by atoms with E-state index >= 15 is 0 Å². The molecule has 5 fully saturated rings. The topological polar surface area (TPSA) is 60.9 Å². The van der Waals surface area contributed by atoms with Crippen molar-refractivity contribution in [1.82, 2.24) is 9.80 Å². The molecule has 0 spiro atoms. The van der Waals surface area contributed by atoms with E-state index in [1.807, 2.05) is 4.90 Å². The summed E-state index contributed by atoms with van der Waals surface area (Å²) in [6.45, 7) is 2.41. The van der Waals surface area contributed by atoms with Crippen molar-refractivity contribution >= 4 is 11.8 Å². The molecule has 0 bridgehead atoms.